The van der Waals surface area contributed by atoms with E-state index < -0.39 is 0 Å². The van der Waals surface area contributed by atoms with E-state index in [0.717, 1.165) is 11.1 Å². The quantitative estimate of drug-likeness (QED) is 0.0382. The molecule has 410 valence electrons. The Morgan fingerprint density at radius 3 is 1.11 bits per heavy atom. The van der Waals surface area contributed by atoms with Gasteiger partial charge >= 0.3 is 0 Å². The van der Waals surface area contributed by atoms with Crippen LogP contribution in [0.15, 0.2) is 122 Å². The zero-order chi connectivity index (χ0) is 55.8. The van der Waals surface area contributed by atoms with Crippen molar-refractivity contribution in [2.45, 2.75) is 26.2 Å². The molecule has 6 N–H and O–H groups in total. The van der Waals surface area contributed by atoms with Gasteiger partial charge in [0.2, 0.25) is 43.3 Å². The third-order valence-corrected chi connectivity index (χ3v) is 13.3. The number of amides is 4. The Bertz CT molecular complexity index is 3580. The molecular formula is C60H66N12O8+4. The predicted octanol–water partition coefficient (Wildman–Crippen LogP) is 3.52. The molecule has 7 aromatic heterocycles. The van der Waals surface area contributed by atoms with Crippen LogP contribution in [-0.2, 0) is 64.3 Å². The van der Waals surface area contributed by atoms with E-state index in [1.165, 1.54) is 0 Å². The van der Waals surface area contributed by atoms with Gasteiger partial charge in [0.1, 0.15) is 0 Å². The van der Waals surface area contributed by atoms with Crippen LogP contribution in [0.2, 0.25) is 0 Å². The Balaban J connectivity index is 1.37. The van der Waals surface area contributed by atoms with E-state index in [0.29, 0.717) is 131 Å². The summed E-state index contributed by atoms with van der Waals surface area (Å²) < 4.78 is 28.3. The minimum atomic E-state index is -0.201. The Morgan fingerprint density at radius 1 is 0.412 bits per heavy atom. The average Bonchev–Trinajstić information content (AvgIpc) is 4.34. The Labute approximate surface area is 462 Å². The summed E-state index contributed by atoms with van der Waals surface area (Å²) in [5.74, 6) is -0.772. The smallest absolute Gasteiger partial charge is 0.286 e. The van der Waals surface area contributed by atoms with Crippen LogP contribution in [-0.4, -0.2) is 125 Å². The van der Waals surface area contributed by atoms with Gasteiger partial charge in [0, 0.05) is 114 Å². The van der Waals surface area contributed by atoms with Crippen LogP contribution in [0.5, 0.6) is 0 Å². The number of carbonyl (C=O) groups is 4. The fourth-order valence-electron chi connectivity index (χ4n) is 9.63. The molecule has 9 heterocycles. The van der Waals surface area contributed by atoms with Crippen LogP contribution < -0.4 is 39.5 Å². The van der Waals surface area contributed by atoms with Gasteiger partial charge < -0.3 is 50.2 Å². The fraction of sp³-hybridized carbons (Fsp3) is 0.267. The minimum Gasteiger partial charge on any atom is -0.383 e. The molecule has 2 aliphatic rings. The number of carbonyl (C=O) groups excluding carboxylic acids is 4. The Morgan fingerprint density at radius 2 is 0.750 bits per heavy atom. The highest BCUT2D eigenvalue weighted by molar-refractivity contribution is 5.98. The number of H-pyrrole nitrogens is 2. The second kappa shape index (κ2) is 27.0. The fourth-order valence-corrected chi connectivity index (χ4v) is 9.63. The van der Waals surface area contributed by atoms with Crippen molar-refractivity contribution < 1.29 is 56.4 Å². The number of fused-ring (bicyclic) bond motifs is 8. The molecule has 0 radical (unpaired) electrons. The predicted molar refractivity (Wildman–Crippen MR) is 301 cm³/mol. The van der Waals surface area contributed by atoms with Crippen molar-refractivity contribution in [2.24, 2.45) is 0 Å². The van der Waals surface area contributed by atoms with E-state index in [9.17, 15) is 19.2 Å². The number of nitrogens with zero attached hydrogens (tertiary/aromatic N) is 6. The van der Waals surface area contributed by atoms with Crippen LogP contribution in [0.25, 0.3) is 91.3 Å². The second-order valence-corrected chi connectivity index (χ2v) is 18.8. The van der Waals surface area contributed by atoms with Crippen molar-refractivity contribution in [1.82, 2.24) is 41.2 Å². The van der Waals surface area contributed by atoms with Crippen LogP contribution >= 0.6 is 0 Å². The monoisotopic (exact) mass is 1080 g/mol. The minimum absolute atomic E-state index is 0.000510. The standard InChI is InChI=1S/C60H62N12O8/c1-77-32-24-61-53(73)37-69-28-11-12-41(36-69)57-42-16-18-44(65-42)58(50-13-5-8-29-70(50)38-54(74)62-25-33-78-2)46-20-22-48(67-46)60(52-15-7-10-31-72(52)40-56(76)64-27-35-80-4)49-23-21-47(68-49)59(45-19-17-43(57)66-45)51-14-6-9-30-71(51)39-55(75)63-26-34-79-3/h5-23,28-31,36H,24-27,32-35,37-40H2,1-4H3,(H2-3,61,62,63,64,65,66,67,68,73,74,75,76)/p+4. The van der Waals surface area contributed by atoms with Crippen molar-refractivity contribution in [3.8, 4) is 44.9 Å². The number of pyridine rings is 4. The van der Waals surface area contributed by atoms with E-state index in [-0.39, 0.29) is 49.8 Å². The Kier molecular flexibility index (Phi) is 18.8. The lowest BCUT2D eigenvalue weighted by Gasteiger charge is -2.08. The molecule has 2 aliphatic heterocycles. The summed E-state index contributed by atoms with van der Waals surface area (Å²) >= 11 is 0. The molecule has 80 heavy (non-hydrogen) atoms. The molecule has 0 fully saturated rings. The lowest BCUT2D eigenvalue weighted by Crippen LogP contribution is -2.45. The first kappa shape index (κ1) is 55.7. The number of aromatic nitrogens is 8. The number of methoxy groups -OCH3 is 4. The largest absolute Gasteiger partial charge is 0.383 e. The molecule has 9 rings (SSSR count). The normalized spacial score (nSPS) is 11.7. The van der Waals surface area contributed by atoms with Gasteiger partial charge in [0.25, 0.3) is 23.6 Å². The first-order chi connectivity index (χ1) is 39.2. The summed E-state index contributed by atoms with van der Waals surface area (Å²) in [6.07, 6.45) is 17.2. The molecule has 0 aliphatic carbocycles. The summed E-state index contributed by atoms with van der Waals surface area (Å²) in [5, 5.41) is 11.8. The lowest BCUT2D eigenvalue weighted by atomic mass is 10.1. The van der Waals surface area contributed by atoms with Gasteiger partial charge in [-0.2, -0.15) is 18.3 Å². The molecule has 20 nitrogen and oxygen atoms in total. The van der Waals surface area contributed by atoms with E-state index in [2.05, 4.69) is 31.2 Å². The Hall–Kier alpha value is -9.08. The lowest BCUT2D eigenvalue weighted by molar-refractivity contribution is -0.684. The summed E-state index contributed by atoms with van der Waals surface area (Å²) in [6, 6.07) is 29.2. The first-order valence-electron chi connectivity index (χ1n) is 26.3. The molecule has 20 heteroatoms. The third kappa shape index (κ3) is 13.4. The van der Waals surface area contributed by atoms with E-state index in [1.54, 1.807) is 28.4 Å². The van der Waals surface area contributed by atoms with Gasteiger partial charge in [0.15, 0.2) is 31.0 Å². The maximum absolute atomic E-state index is 13.6. The van der Waals surface area contributed by atoms with Crippen molar-refractivity contribution >= 4 is 70.0 Å². The van der Waals surface area contributed by atoms with Crippen molar-refractivity contribution in [3.05, 3.63) is 145 Å². The number of hydrogen-bond donors (Lipinski definition) is 6. The number of aromatic amines is 2. The molecule has 0 unspecified atom stereocenters. The zero-order valence-electron chi connectivity index (χ0n) is 45.3. The van der Waals surface area contributed by atoms with E-state index in [1.807, 2.05) is 165 Å². The molecule has 0 saturated carbocycles. The summed E-state index contributed by atoms with van der Waals surface area (Å²) in [7, 11) is 6.36. The van der Waals surface area contributed by atoms with Crippen molar-refractivity contribution in [3.63, 3.8) is 0 Å². The van der Waals surface area contributed by atoms with E-state index >= 15 is 0 Å². The topological polar surface area (TPSA) is 226 Å². The van der Waals surface area contributed by atoms with Crippen LogP contribution in [0.3, 0.4) is 0 Å². The zero-order valence-corrected chi connectivity index (χ0v) is 45.3. The molecular weight excluding hydrogens is 1020 g/mol. The van der Waals surface area contributed by atoms with Crippen LogP contribution in [0.1, 0.15) is 22.8 Å². The van der Waals surface area contributed by atoms with Crippen molar-refractivity contribution in [1.29, 1.82) is 0 Å². The second-order valence-electron chi connectivity index (χ2n) is 18.8. The number of hydrogen-bond acceptors (Lipinski definition) is 10. The molecule has 0 saturated heterocycles. The van der Waals surface area contributed by atoms with Gasteiger partial charge in [-0.15, -0.1) is 0 Å². The summed E-state index contributed by atoms with van der Waals surface area (Å²) in [5.41, 5.74) is 10.9. The molecule has 0 spiro atoms. The highest BCUT2D eigenvalue weighted by Gasteiger charge is 2.28. The summed E-state index contributed by atoms with van der Waals surface area (Å²) in [6.45, 7) is 2.95. The molecule has 4 amide bonds. The van der Waals surface area contributed by atoms with Gasteiger partial charge in [0.05, 0.1) is 82.4 Å². The van der Waals surface area contributed by atoms with Gasteiger partial charge in [-0.1, -0.05) is 0 Å². The number of rotatable bonds is 24. The highest BCUT2D eigenvalue weighted by Crippen LogP contribution is 2.37. The molecule has 0 atom stereocenters. The number of ether oxygens (including phenoxy) is 4. The molecule has 7 aromatic rings. The summed E-state index contributed by atoms with van der Waals surface area (Å²) in [4.78, 5) is 72.4. The van der Waals surface area contributed by atoms with E-state index in [4.69, 9.17) is 28.9 Å². The van der Waals surface area contributed by atoms with Crippen LogP contribution in [0, 0.1) is 0 Å². The number of nitrogens with one attached hydrogen (secondary N) is 6. The van der Waals surface area contributed by atoms with Gasteiger partial charge in [-0.05, 0) is 72.8 Å². The van der Waals surface area contributed by atoms with Crippen molar-refractivity contribution in [2.75, 3.05) is 81.0 Å². The van der Waals surface area contributed by atoms with Gasteiger partial charge in [-0.25, -0.2) is 9.97 Å². The SMILES string of the molecule is COCCNC(=O)C[n+]1cccc(-c2c3nc(c(-c4cccc[n+]4CC(=O)NCCOC)c4ccc([nH]4)c(-c4cccc[n+]4CC(=O)NCCOC)c4nc(c(-c5cccc[n+]5CC(=O)NCCOC)c5ccc2[nH]5)C=C4)C=C3)c1. The van der Waals surface area contributed by atoms with Crippen LogP contribution in [0.4, 0.5) is 0 Å². The highest BCUT2D eigenvalue weighted by atomic mass is 16.5. The maximum atomic E-state index is 13.6. The van der Waals surface area contributed by atoms with Gasteiger partial charge in [-0.3, -0.25) is 19.2 Å². The average molecular weight is 1080 g/mol. The molecule has 0 aromatic carbocycles. The third-order valence-electron chi connectivity index (χ3n) is 13.3. The maximum Gasteiger partial charge on any atom is 0.286 e. The first-order valence-corrected chi connectivity index (χ1v) is 26.3. The molecule has 8 bridgehead atoms.